The van der Waals surface area contributed by atoms with Gasteiger partial charge in [-0.2, -0.15) is 0 Å². The van der Waals surface area contributed by atoms with Crippen molar-refractivity contribution in [2.45, 2.75) is 25.8 Å². The standard InChI is InChI=1S/C15H18BrNS/c1-3-11-8-9-18-15(11)14(17-2)10-12-6-4-5-7-13(12)16/h4-9,14,17H,3,10H2,1-2H3. The van der Waals surface area contributed by atoms with Crippen LogP contribution in [0.5, 0.6) is 0 Å². The van der Waals surface area contributed by atoms with Gasteiger partial charge >= 0.3 is 0 Å². The quantitative estimate of drug-likeness (QED) is 0.849. The number of halogens is 1. The van der Waals surface area contributed by atoms with Crippen LogP contribution in [0.1, 0.15) is 29.0 Å². The largest absolute Gasteiger partial charge is 0.312 e. The third kappa shape index (κ3) is 3.02. The number of benzene rings is 1. The molecule has 1 nitrogen and oxygen atoms in total. The molecule has 1 atom stereocenters. The second kappa shape index (κ2) is 6.50. The average Bonchev–Trinajstić information content (AvgIpc) is 2.86. The molecule has 3 heteroatoms. The average molecular weight is 324 g/mol. The Kier molecular flexibility index (Phi) is 4.98. The normalized spacial score (nSPS) is 12.6. The molecule has 0 saturated heterocycles. The van der Waals surface area contributed by atoms with Crippen LogP contribution in [0.2, 0.25) is 0 Å². The molecule has 1 heterocycles. The van der Waals surface area contributed by atoms with Gasteiger partial charge < -0.3 is 5.32 Å². The van der Waals surface area contributed by atoms with Crippen LogP contribution in [0, 0.1) is 0 Å². The van der Waals surface area contributed by atoms with Gasteiger partial charge in [-0.15, -0.1) is 11.3 Å². The fraction of sp³-hybridized carbons (Fsp3) is 0.333. The molecule has 0 aliphatic heterocycles. The zero-order valence-corrected chi connectivity index (χ0v) is 13.1. The first-order valence-corrected chi connectivity index (χ1v) is 7.90. The van der Waals surface area contributed by atoms with Crippen LogP contribution in [0.25, 0.3) is 0 Å². The molecule has 1 aromatic heterocycles. The Bertz CT molecular complexity index is 507. The first-order valence-electron chi connectivity index (χ1n) is 6.23. The smallest absolute Gasteiger partial charge is 0.0456 e. The van der Waals surface area contributed by atoms with Crippen LogP contribution in [0.4, 0.5) is 0 Å². The van der Waals surface area contributed by atoms with Crippen molar-refractivity contribution in [2.24, 2.45) is 0 Å². The fourth-order valence-electron chi connectivity index (χ4n) is 2.15. The molecule has 2 aromatic rings. The molecule has 0 aliphatic carbocycles. The minimum absolute atomic E-state index is 0.402. The second-order valence-electron chi connectivity index (χ2n) is 4.30. The van der Waals surface area contributed by atoms with E-state index in [1.807, 2.05) is 18.4 Å². The van der Waals surface area contributed by atoms with E-state index in [0.29, 0.717) is 6.04 Å². The Morgan fingerprint density at radius 2 is 2.00 bits per heavy atom. The number of likely N-dealkylation sites (N-methyl/N-ethyl adjacent to an activating group) is 1. The molecule has 1 unspecified atom stereocenters. The van der Waals surface area contributed by atoms with Gasteiger partial charge in [-0.25, -0.2) is 0 Å². The molecule has 0 radical (unpaired) electrons. The zero-order chi connectivity index (χ0) is 13.0. The molecule has 0 bridgehead atoms. The summed E-state index contributed by atoms with van der Waals surface area (Å²) < 4.78 is 1.19. The molecule has 0 saturated carbocycles. The van der Waals surface area contributed by atoms with Gasteiger partial charge in [0.15, 0.2) is 0 Å². The Morgan fingerprint density at radius 3 is 2.67 bits per heavy atom. The topological polar surface area (TPSA) is 12.0 Å². The summed E-state index contributed by atoms with van der Waals surface area (Å²) in [7, 11) is 2.04. The van der Waals surface area contributed by atoms with Gasteiger partial charge in [-0.1, -0.05) is 41.1 Å². The summed E-state index contributed by atoms with van der Waals surface area (Å²) in [6.07, 6.45) is 2.12. The Labute approximate surface area is 121 Å². The van der Waals surface area contributed by atoms with Crippen LogP contribution >= 0.6 is 27.3 Å². The summed E-state index contributed by atoms with van der Waals surface area (Å²) in [6, 6.07) is 11.1. The molecule has 96 valence electrons. The zero-order valence-electron chi connectivity index (χ0n) is 10.7. The van der Waals surface area contributed by atoms with Crippen molar-refractivity contribution in [3.63, 3.8) is 0 Å². The first-order chi connectivity index (χ1) is 8.76. The first kappa shape index (κ1) is 13.8. The van der Waals surface area contributed by atoms with Crippen molar-refractivity contribution in [2.75, 3.05) is 7.05 Å². The summed E-state index contributed by atoms with van der Waals surface area (Å²) in [5.41, 5.74) is 2.82. The third-order valence-electron chi connectivity index (χ3n) is 3.21. The van der Waals surface area contributed by atoms with Crippen LogP contribution in [-0.2, 0) is 12.8 Å². The highest BCUT2D eigenvalue weighted by atomic mass is 79.9. The molecule has 2 rings (SSSR count). The highest BCUT2D eigenvalue weighted by molar-refractivity contribution is 9.10. The lowest BCUT2D eigenvalue weighted by Gasteiger charge is -2.17. The number of nitrogens with one attached hydrogen (secondary N) is 1. The van der Waals surface area contributed by atoms with E-state index in [2.05, 4.69) is 63.9 Å². The van der Waals surface area contributed by atoms with E-state index in [1.54, 1.807) is 0 Å². The minimum Gasteiger partial charge on any atom is -0.312 e. The lowest BCUT2D eigenvalue weighted by atomic mass is 10.0. The van der Waals surface area contributed by atoms with Gasteiger partial charge in [-0.3, -0.25) is 0 Å². The lowest BCUT2D eigenvalue weighted by Crippen LogP contribution is -2.19. The van der Waals surface area contributed by atoms with Crippen molar-refractivity contribution >= 4 is 27.3 Å². The van der Waals surface area contributed by atoms with Gasteiger partial charge in [-0.05, 0) is 48.5 Å². The summed E-state index contributed by atoms with van der Waals surface area (Å²) in [4.78, 5) is 1.47. The lowest BCUT2D eigenvalue weighted by molar-refractivity contribution is 0.596. The van der Waals surface area contributed by atoms with Crippen LogP contribution in [-0.4, -0.2) is 7.05 Å². The maximum Gasteiger partial charge on any atom is 0.0456 e. The van der Waals surface area contributed by atoms with E-state index >= 15 is 0 Å². The number of rotatable bonds is 5. The molecular weight excluding hydrogens is 306 g/mol. The van der Waals surface area contributed by atoms with Crippen LogP contribution in [0.3, 0.4) is 0 Å². The molecule has 1 N–H and O–H groups in total. The van der Waals surface area contributed by atoms with Crippen LogP contribution < -0.4 is 5.32 Å². The van der Waals surface area contributed by atoms with E-state index in [1.165, 1.54) is 20.5 Å². The van der Waals surface area contributed by atoms with E-state index < -0.39 is 0 Å². The van der Waals surface area contributed by atoms with Crippen molar-refractivity contribution in [3.8, 4) is 0 Å². The number of aryl methyl sites for hydroxylation is 1. The van der Waals surface area contributed by atoms with Crippen molar-refractivity contribution in [3.05, 3.63) is 56.2 Å². The maximum absolute atomic E-state index is 3.63. The predicted molar refractivity (Wildman–Crippen MR) is 83.3 cm³/mol. The van der Waals surface area contributed by atoms with Crippen molar-refractivity contribution in [1.82, 2.24) is 5.32 Å². The SMILES string of the molecule is CCc1ccsc1C(Cc1ccccc1Br)NC. The Morgan fingerprint density at radius 1 is 1.22 bits per heavy atom. The van der Waals surface area contributed by atoms with E-state index in [0.717, 1.165) is 12.8 Å². The Hall–Kier alpha value is -0.640. The molecule has 0 fully saturated rings. The summed E-state index contributed by atoms with van der Waals surface area (Å²) >= 11 is 5.48. The van der Waals surface area contributed by atoms with E-state index in [4.69, 9.17) is 0 Å². The van der Waals surface area contributed by atoms with Gasteiger partial charge in [0.2, 0.25) is 0 Å². The van der Waals surface area contributed by atoms with Crippen LogP contribution in [0.15, 0.2) is 40.2 Å². The summed E-state index contributed by atoms with van der Waals surface area (Å²) in [5, 5.41) is 5.64. The molecule has 18 heavy (non-hydrogen) atoms. The van der Waals surface area contributed by atoms with Crippen molar-refractivity contribution in [1.29, 1.82) is 0 Å². The second-order valence-corrected chi connectivity index (χ2v) is 6.10. The fourth-order valence-corrected chi connectivity index (χ4v) is 3.71. The maximum atomic E-state index is 3.63. The van der Waals surface area contributed by atoms with E-state index in [-0.39, 0.29) is 0 Å². The minimum atomic E-state index is 0.402. The van der Waals surface area contributed by atoms with Gasteiger partial charge in [0, 0.05) is 15.4 Å². The summed E-state index contributed by atoms with van der Waals surface area (Å²) in [6.45, 7) is 2.22. The number of hydrogen-bond donors (Lipinski definition) is 1. The van der Waals surface area contributed by atoms with E-state index in [9.17, 15) is 0 Å². The third-order valence-corrected chi connectivity index (χ3v) is 5.05. The monoisotopic (exact) mass is 323 g/mol. The van der Waals surface area contributed by atoms with Crippen molar-refractivity contribution < 1.29 is 0 Å². The molecular formula is C15H18BrNS. The molecule has 1 aromatic carbocycles. The molecule has 0 spiro atoms. The van der Waals surface area contributed by atoms with Gasteiger partial charge in [0.1, 0.15) is 0 Å². The Balaban J connectivity index is 2.23. The highest BCUT2D eigenvalue weighted by Gasteiger charge is 2.15. The predicted octanol–water partition coefficient (Wildman–Crippen LogP) is 4.58. The highest BCUT2D eigenvalue weighted by Crippen LogP contribution is 2.29. The molecule has 0 amide bonds. The molecule has 0 aliphatic rings. The number of hydrogen-bond acceptors (Lipinski definition) is 2. The van der Waals surface area contributed by atoms with Gasteiger partial charge in [0.25, 0.3) is 0 Å². The van der Waals surface area contributed by atoms with Gasteiger partial charge in [0.05, 0.1) is 0 Å². The number of thiophene rings is 1. The summed E-state index contributed by atoms with van der Waals surface area (Å²) in [5.74, 6) is 0.